The van der Waals surface area contributed by atoms with Gasteiger partial charge in [-0.3, -0.25) is 0 Å². The monoisotopic (exact) mass is 218 g/mol. The topological polar surface area (TPSA) is 70.5 Å². The van der Waals surface area contributed by atoms with Crippen LogP contribution in [0, 0.1) is 0 Å². The smallest absolute Gasteiger partial charge is 0.231 e. The van der Waals surface area contributed by atoms with Crippen molar-refractivity contribution < 1.29 is 14.0 Å². The first-order chi connectivity index (χ1) is 7.83. The molecule has 0 aliphatic carbocycles. The average Bonchev–Trinajstić information content (AvgIpc) is 2.88. The molecule has 0 saturated heterocycles. The van der Waals surface area contributed by atoms with E-state index in [0.29, 0.717) is 12.2 Å². The summed E-state index contributed by atoms with van der Waals surface area (Å²) < 4.78 is 15.3. The molecule has 0 spiro atoms. The lowest BCUT2D eigenvalue weighted by atomic mass is 10.1. The number of nitrogens with two attached hydrogens (primary N) is 1. The zero-order valence-electron chi connectivity index (χ0n) is 8.47. The Morgan fingerprint density at radius 1 is 1.25 bits per heavy atom. The number of benzene rings is 1. The molecule has 0 fully saturated rings. The Balaban J connectivity index is 1.88. The molecule has 0 saturated carbocycles. The first-order valence-corrected chi connectivity index (χ1v) is 4.90. The van der Waals surface area contributed by atoms with Crippen LogP contribution in [0.1, 0.15) is 11.1 Å². The van der Waals surface area contributed by atoms with E-state index in [0.717, 1.165) is 22.6 Å². The molecule has 2 heterocycles. The predicted octanol–water partition coefficient (Wildman–Crippen LogP) is 1.58. The molecule has 0 bridgehead atoms. The van der Waals surface area contributed by atoms with E-state index in [4.69, 9.17) is 19.7 Å². The van der Waals surface area contributed by atoms with Gasteiger partial charge in [-0.05, 0) is 17.7 Å². The molecule has 1 aromatic carbocycles. The maximum absolute atomic E-state index is 5.64. The lowest BCUT2D eigenvalue weighted by Gasteiger charge is -2.01. The first kappa shape index (κ1) is 9.08. The van der Waals surface area contributed by atoms with Gasteiger partial charge in [-0.15, -0.1) is 0 Å². The quantitative estimate of drug-likeness (QED) is 0.828. The number of nitrogen functional groups attached to an aromatic ring is 1. The highest BCUT2D eigenvalue weighted by molar-refractivity contribution is 5.47. The zero-order chi connectivity index (χ0) is 11.0. The lowest BCUT2D eigenvalue weighted by Crippen LogP contribution is -1.93. The van der Waals surface area contributed by atoms with E-state index in [-0.39, 0.29) is 6.79 Å². The highest BCUT2D eigenvalue weighted by atomic mass is 16.7. The number of ether oxygens (including phenoxy) is 2. The SMILES string of the molecule is Nc1nocc1Cc1ccc2c(c1)OCO2. The van der Waals surface area contributed by atoms with Gasteiger partial charge in [-0.2, -0.15) is 0 Å². The number of anilines is 1. The molecule has 0 atom stereocenters. The number of fused-ring (bicyclic) bond motifs is 1. The molecular formula is C11H10N2O3. The summed E-state index contributed by atoms with van der Waals surface area (Å²) in [6, 6.07) is 5.80. The molecule has 5 nitrogen and oxygen atoms in total. The Bertz CT molecular complexity index is 522. The Morgan fingerprint density at radius 3 is 2.94 bits per heavy atom. The highest BCUT2D eigenvalue weighted by Gasteiger charge is 2.14. The number of nitrogens with zero attached hydrogens (tertiary/aromatic N) is 1. The van der Waals surface area contributed by atoms with Gasteiger partial charge < -0.3 is 19.7 Å². The van der Waals surface area contributed by atoms with Crippen molar-refractivity contribution in [3.05, 3.63) is 35.6 Å². The number of hydrogen-bond acceptors (Lipinski definition) is 5. The van der Waals surface area contributed by atoms with Crippen molar-refractivity contribution in [2.24, 2.45) is 0 Å². The van der Waals surface area contributed by atoms with Crippen molar-refractivity contribution in [3.63, 3.8) is 0 Å². The molecule has 1 aliphatic heterocycles. The number of hydrogen-bond donors (Lipinski definition) is 1. The van der Waals surface area contributed by atoms with Gasteiger partial charge in [0.2, 0.25) is 6.79 Å². The van der Waals surface area contributed by atoms with E-state index in [9.17, 15) is 0 Å². The summed E-state index contributed by atoms with van der Waals surface area (Å²) in [5.74, 6) is 1.98. The first-order valence-electron chi connectivity index (χ1n) is 4.90. The van der Waals surface area contributed by atoms with Gasteiger partial charge >= 0.3 is 0 Å². The van der Waals surface area contributed by atoms with Crippen LogP contribution >= 0.6 is 0 Å². The van der Waals surface area contributed by atoms with E-state index in [1.54, 1.807) is 6.26 Å². The van der Waals surface area contributed by atoms with Crippen LogP contribution in [0.3, 0.4) is 0 Å². The van der Waals surface area contributed by atoms with E-state index < -0.39 is 0 Å². The fraction of sp³-hybridized carbons (Fsp3) is 0.182. The average molecular weight is 218 g/mol. The summed E-state index contributed by atoms with van der Waals surface area (Å²) in [5, 5.41) is 3.63. The summed E-state index contributed by atoms with van der Waals surface area (Å²) >= 11 is 0. The maximum Gasteiger partial charge on any atom is 0.231 e. The maximum atomic E-state index is 5.64. The van der Waals surface area contributed by atoms with E-state index in [2.05, 4.69) is 5.16 Å². The van der Waals surface area contributed by atoms with Crippen molar-refractivity contribution in [2.75, 3.05) is 12.5 Å². The fourth-order valence-electron chi connectivity index (χ4n) is 1.67. The molecule has 3 rings (SSSR count). The van der Waals surface area contributed by atoms with Crippen molar-refractivity contribution in [2.45, 2.75) is 6.42 Å². The van der Waals surface area contributed by atoms with Crippen LogP contribution in [0.2, 0.25) is 0 Å². The minimum absolute atomic E-state index is 0.286. The zero-order valence-corrected chi connectivity index (χ0v) is 8.47. The molecule has 0 radical (unpaired) electrons. The van der Waals surface area contributed by atoms with Gasteiger partial charge in [-0.25, -0.2) is 0 Å². The number of aromatic nitrogens is 1. The van der Waals surface area contributed by atoms with Crippen LogP contribution in [0.25, 0.3) is 0 Å². The lowest BCUT2D eigenvalue weighted by molar-refractivity contribution is 0.174. The molecule has 0 unspecified atom stereocenters. The van der Waals surface area contributed by atoms with Crippen LogP contribution in [0.15, 0.2) is 29.0 Å². The third-order valence-corrected chi connectivity index (χ3v) is 2.51. The molecule has 0 amide bonds. The Hall–Kier alpha value is -2.17. The van der Waals surface area contributed by atoms with E-state index in [1.807, 2.05) is 18.2 Å². The molecule has 5 heteroatoms. The van der Waals surface area contributed by atoms with Gasteiger partial charge in [-0.1, -0.05) is 11.2 Å². The van der Waals surface area contributed by atoms with Gasteiger partial charge in [0.05, 0.1) is 0 Å². The molecule has 82 valence electrons. The van der Waals surface area contributed by atoms with Crippen LogP contribution in [-0.4, -0.2) is 11.9 Å². The summed E-state index contributed by atoms with van der Waals surface area (Å²) in [4.78, 5) is 0. The predicted molar refractivity (Wildman–Crippen MR) is 56.3 cm³/mol. The van der Waals surface area contributed by atoms with Crippen LogP contribution in [0.4, 0.5) is 5.82 Å². The second-order valence-electron chi connectivity index (χ2n) is 3.59. The highest BCUT2D eigenvalue weighted by Crippen LogP contribution is 2.33. The summed E-state index contributed by atoms with van der Waals surface area (Å²) in [7, 11) is 0. The van der Waals surface area contributed by atoms with Crippen LogP contribution in [-0.2, 0) is 6.42 Å². The van der Waals surface area contributed by atoms with Gasteiger partial charge in [0.15, 0.2) is 17.3 Å². The minimum Gasteiger partial charge on any atom is -0.454 e. The minimum atomic E-state index is 0.286. The van der Waals surface area contributed by atoms with Crippen LogP contribution < -0.4 is 15.2 Å². The third-order valence-electron chi connectivity index (χ3n) is 2.51. The molecule has 1 aliphatic rings. The van der Waals surface area contributed by atoms with Crippen molar-refractivity contribution in [1.82, 2.24) is 5.16 Å². The van der Waals surface area contributed by atoms with Gasteiger partial charge in [0.1, 0.15) is 6.26 Å². The fourth-order valence-corrected chi connectivity index (χ4v) is 1.67. The van der Waals surface area contributed by atoms with Crippen molar-refractivity contribution >= 4 is 5.82 Å². The standard InChI is InChI=1S/C11H10N2O3/c12-11-8(5-16-13-11)3-7-1-2-9-10(4-7)15-6-14-9/h1-2,4-5H,3,6H2,(H2,12,13). The molecule has 2 aromatic rings. The van der Waals surface area contributed by atoms with E-state index in [1.165, 1.54) is 0 Å². The van der Waals surface area contributed by atoms with Crippen molar-refractivity contribution in [3.8, 4) is 11.5 Å². The van der Waals surface area contributed by atoms with E-state index >= 15 is 0 Å². The third kappa shape index (κ3) is 1.46. The Morgan fingerprint density at radius 2 is 2.12 bits per heavy atom. The second-order valence-corrected chi connectivity index (χ2v) is 3.59. The normalized spacial score (nSPS) is 13.0. The summed E-state index contributed by atoms with van der Waals surface area (Å²) in [6.07, 6.45) is 2.23. The van der Waals surface area contributed by atoms with Crippen molar-refractivity contribution in [1.29, 1.82) is 0 Å². The second kappa shape index (κ2) is 3.44. The molecule has 16 heavy (non-hydrogen) atoms. The molecule has 2 N–H and O–H groups in total. The van der Waals surface area contributed by atoms with Gasteiger partial charge in [0.25, 0.3) is 0 Å². The summed E-state index contributed by atoms with van der Waals surface area (Å²) in [5.41, 5.74) is 7.60. The summed E-state index contributed by atoms with van der Waals surface area (Å²) in [6.45, 7) is 0.286. The largest absolute Gasteiger partial charge is 0.454 e. The number of rotatable bonds is 2. The molecule has 1 aromatic heterocycles. The van der Waals surface area contributed by atoms with Crippen LogP contribution in [0.5, 0.6) is 11.5 Å². The molecular weight excluding hydrogens is 208 g/mol. The Kier molecular flexibility index (Phi) is 1.96. The Labute approximate surface area is 91.7 Å². The van der Waals surface area contributed by atoms with Gasteiger partial charge in [0, 0.05) is 12.0 Å².